The summed E-state index contributed by atoms with van der Waals surface area (Å²) in [5.41, 5.74) is 3.12. The lowest BCUT2D eigenvalue weighted by Gasteiger charge is -2.12. The van der Waals surface area contributed by atoms with E-state index >= 15 is 0 Å². The highest BCUT2D eigenvalue weighted by molar-refractivity contribution is 7.92. The molecular weight excluding hydrogens is 380 g/mol. The van der Waals surface area contributed by atoms with Crippen LogP contribution in [0.4, 0.5) is 5.69 Å². The van der Waals surface area contributed by atoms with Crippen LogP contribution in [-0.2, 0) is 20.4 Å². The van der Waals surface area contributed by atoms with Gasteiger partial charge in [0.25, 0.3) is 0 Å². The molecule has 1 atom stereocenters. The van der Waals surface area contributed by atoms with E-state index < -0.39 is 21.0 Å². The second kappa shape index (κ2) is 8.02. The van der Waals surface area contributed by atoms with Gasteiger partial charge in [-0.1, -0.05) is 48.0 Å². The van der Waals surface area contributed by atoms with Gasteiger partial charge in [-0.05, 0) is 26.0 Å². The van der Waals surface area contributed by atoms with Crippen LogP contribution in [0.3, 0.4) is 0 Å². The Balaban J connectivity index is 1.70. The Morgan fingerprint density at radius 2 is 1.78 bits per heavy atom. The van der Waals surface area contributed by atoms with Crippen LogP contribution in [-0.4, -0.2) is 24.6 Å². The largest absolute Gasteiger partial charge is 0.325 e. The minimum atomic E-state index is -3.68. The number of aryl methyl sites for hydroxylation is 1. The van der Waals surface area contributed by atoms with Crippen molar-refractivity contribution in [3.63, 3.8) is 0 Å². The van der Waals surface area contributed by atoms with Crippen molar-refractivity contribution in [3.8, 4) is 10.6 Å². The quantitative estimate of drug-likeness (QED) is 0.677. The molecule has 0 aliphatic carbocycles. The van der Waals surface area contributed by atoms with E-state index in [1.54, 1.807) is 29.6 Å². The number of nitrogens with zero attached hydrogens (tertiary/aromatic N) is 1. The number of thiazole rings is 1. The van der Waals surface area contributed by atoms with Gasteiger partial charge in [-0.15, -0.1) is 11.3 Å². The zero-order valence-electron chi connectivity index (χ0n) is 15.0. The zero-order valence-corrected chi connectivity index (χ0v) is 16.7. The van der Waals surface area contributed by atoms with E-state index in [9.17, 15) is 13.2 Å². The molecule has 1 aromatic heterocycles. The molecule has 1 unspecified atom stereocenters. The van der Waals surface area contributed by atoms with E-state index in [2.05, 4.69) is 10.3 Å². The number of hydrogen-bond donors (Lipinski definition) is 1. The molecule has 3 rings (SSSR count). The summed E-state index contributed by atoms with van der Waals surface area (Å²) in [5.74, 6) is -0.811. The SMILES string of the molecule is Cc1ccc(-c2nc(CS(=O)(=O)C(C)C(=O)Nc3ccccc3)cs2)cc1. The molecule has 2 aromatic carbocycles. The van der Waals surface area contributed by atoms with Crippen molar-refractivity contribution in [2.24, 2.45) is 0 Å². The Morgan fingerprint density at radius 3 is 2.44 bits per heavy atom. The third-order valence-electron chi connectivity index (χ3n) is 4.15. The van der Waals surface area contributed by atoms with Crippen LogP contribution >= 0.6 is 11.3 Å². The number of amides is 1. The van der Waals surface area contributed by atoms with E-state index in [4.69, 9.17) is 0 Å². The van der Waals surface area contributed by atoms with E-state index in [1.807, 2.05) is 37.3 Å². The van der Waals surface area contributed by atoms with Crippen molar-refractivity contribution >= 4 is 32.8 Å². The molecule has 0 aliphatic rings. The maximum Gasteiger partial charge on any atom is 0.242 e. The molecule has 1 heterocycles. The molecule has 0 saturated heterocycles. The number of carbonyl (C=O) groups excluding carboxylic acids is 1. The second-order valence-corrected chi connectivity index (χ2v) is 9.49. The van der Waals surface area contributed by atoms with Gasteiger partial charge in [0.1, 0.15) is 10.3 Å². The van der Waals surface area contributed by atoms with Crippen molar-refractivity contribution < 1.29 is 13.2 Å². The van der Waals surface area contributed by atoms with Crippen LogP contribution in [0.25, 0.3) is 10.6 Å². The molecule has 0 radical (unpaired) electrons. The van der Waals surface area contributed by atoms with E-state index in [-0.39, 0.29) is 5.75 Å². The molecule has 27 heavy (non-hydrogen) atoms. The van der Waals surface area contributed by atoms with Crippen LogP contribution in [0.5, 0.6) is 0 Å². The number of rotatable bonds is 6. The van der Waals surface area contributed by atoms with E-state index in [0.717, 1.165) is 16.1 Å². The molecule has 1 N–H and O–H groups in total. The number of hydrogen-bond acceptors (Lipinski definition) is 5. The highest BCUT2D eigenvalue weighted by Crippen LogP contribution is 2.25. The first kappa shape index (κ1) is 19.3. The third-order valence-corrected chi connectivity index (χ3v) is 7.08. The predicted octanol–water partition coefficient (Wildman–Crippen LogP) is 4.06. The summed E-state index contributed by atoms with van der Waals surface area (Å²) < 4.78 is 25.3. The fourth-order valence-electron chi connectivity index (χ4n) is 2.46. The van der Waals surface area contributed by atoms with Crippen LogP contribution in [0.1, 0.15) is 18.2 Å². The Morgan fingerprint density at radius 1 is 1.11 bits per heavy atom. The summed E-state index contributed by atoms with van der Waals surface area (Å²) in [5, 5.41) is 3.97. The minimum absolute atomic E-state index is 0.265. The molecule has 7 heteroatoms. The third kappa shape index (κ3) is 4.81. The molecule has 5 nitrogen and oxygen atoms in total. The Labute approximate surface area is 163 Å². The van der Waals surface area contributed by atoms with Crippen LogP contribution in [0.2, 0.25) is 0 Å². The van der Waals surface area contributed by atoms with Gasteiger partial charge in [0.05, 0.1) is 11.4 Å². The van der Waals surface area contributed by atoms with E-state index in [1.165, 1.54) is 18.3 Å². The van der Waals surface area contributed by atoms with Gasteiger partial charge in [0.15, 0.2) is 9.84 Å². The first-order valence-corrected chi connectivity index (χ1v) is 11.0. The van der Waals surface area contributed by atoms with Crippen molar-refractivity contribution in [1.82, 2.24) is 4.98 Å². The van der Waals surface area contributed by atoms with Gasteiger partial charge in [-0.25, -0.2) is 13.4 Å². The molecule has 1 amide bonds. The fourth-order valence-corrected chi connectivity index (χ4v) is 4.59. The summed E-state index contributed by atoms with van der Waals surface area (Å²) in [7, 11) is -3.68. The van der Waals surface area contributed by atoms with Crippen molar-refractivity contribution in [3.05, 3.63) is 71.2 Å². The number of para-hydroxylation sites is 1. The average molecular weight is 401 g/mol. The van der Waals surface area contributed by atoms with E-state index in [0.29, 0.717) is 11.4 Å². The number of benzene rings is 2. The predicted molar refractivity (Wildman–Crippen MR) is 109 cm³/mol. The summed E-state index contributed by atoms with van der Waals surface area (Å²) in [6.45, 7) is 3.41. The van der Waals surface area contributed by atoms with Gasteiger partial charge < -0.3 is 5.32 Å². The summed E-state index contributed by atoms with van der Waals surface area (Å²) in [6.07, 6.45) is 0. The molecule has 3 aromatic rings. The van der Waals surface area contributed by atoms with Crippen LogP contribution in [0.15, 0.2) is 60.0 Å². The Kier molecular flexibility index (Phi) is 5.72. The monoisotopic (exact) mass is 400 g/mol. The van der Waals surface area contributed by atoms with Gasteiger partial charge in [-0.2, -0.15) is 0 Å². The Bertz CT molecular complexity index is 1030. The molecule has 0 aliphatic heterocycles. The molecule has 0 saturated carbocycles. The Hall–Kier alpha value is -2.51. The maximum absolute atomic E-state index is 12.6. The smallest absolute Gasteiger partial charge is 0.242 e. The van der Waals surface area contributed by atoms with Crippen molar-refractivity contribution in [2.75, 3.05) is 5.32 Å². The lowest BCUT2D eigenvalue weighted by atomic mass is 10.2. The van der Waals surface area contributed by atoms with Crippen LogP contribution < -0.4 is 5.32 Å². The van der Waals surface area contributed by atoms with Gasteiger partial charge >= 0.3 is 0 Å². The molecule has 140 valence electrons. The van der Waals surface area contributed by atoms with Crippen LogP contribution in [0, 0.1) is 6.92 Å². The maximum atomic E-state index is 12.6. The van der Waals surface area contributed by atoms with Crippen molar-refractivity contribution in [2.45, 2.75) is 24.9 Å². The molecule has 0 bridgehead atoms. The van der Waals surface area contributed by atoms with Crippen molar-refractivity contribution in [1.29, 1.82) is 0 Å². The van der Waals surface area contributed by atoms with Gasteiger partial charge in [0, 0.05) is 16.6 Å². The van der Waals surface area contributed by atoms with Gasteiger partial charge in [-0.3, -0.25) is 4.79 Å². The topological polar surface area (TPSA) is 76.1 Å². The summed E-state index contributed by atoms with van der Waals surface area (Å²) in [4.78, 5) is 16.7. The second-order valence-electron chi connectivity index (χ2n) is 6.31. The number of sulfone groups is 1. The minimum Gasteiger partial charge on any atom is -0.325 e. The fraction of sp³-hybridized carbons (Fsp3) is 0.200. The first-order chi connectivity index (χ1) is 12.8. The molecule has 0 spiro atoms. The average Bonchev–Trinajstić information content (AvgIpc) is 3.10. The number of nitrogens with one attached hydrogen (secondary N) is 1. The summed E-state index contributed by atoms with van der Waals surface area (Å²) in [6, 6.07) is 16.7. The normalized spacial score (nSPS) is 12.5. The lowest BCUT2D eigenvalue weighted by molar-refractivity contribution is -0.115. The zero-order chi connectivity index (χ0) is 19.4. The summed E-state index contributed by atoms with van der Waals surface area (Å²) >= 11 is 1.40. The number of carbonyl (C=O) groups is 1. The highest BCUT2D eigenvalue weighted by Gasteiger charge is 2.29. The first-order valence-electron chi connectivity index (χ1n) is 8.44. The number of anilines is 1. The highest BCUT2D eigenvalue weighted by atomic mass is 32.2. The standard InChI is InChI=1S/C20H20N2O3S2/c1-14-8-10-16(11-9-14)20-22-18(12-26-20)13-27(24,25)15(2)19(23)21-17-6-4-3-5-7-17/h3-12,15H,13H2,1-2H3,(H,21,23). The lowest BCUT2D eigenvalue weighted by Crippen LogP contribution is -2.33. The number of aromatic nitrogens is 1. The molecule has 0 fully saturated rings. The van der Waals surface area contributed by atoms with Gasteiger partial charge in [0.2, 0.25) is 5.91 Å². The molecular formula is C20H20N2O3S2.